The predicted molar refractivity (Wildman–Crippen MR) is 78.5 cm³/mol. The zero-order valence-corrected chi connectivity index (χ0v) is 11.7. The molecule has 3 heterocycles. The summed E-state index contributed by atoms with van der Waals surface area (Å²) in [5.41, 5.74) is 2.01. The van der Waals surface area contributed by atoms with E-state index in [1.807, 2.05) is 6.92 Å². The van der Waals surface area contributed by atoms with Crippen LogP contribution < -0.4 is 0 Å². The van der Waals surface area contributed by atoms with E-state index in [0.717, 1.165) is 11.1 Å². The average molecular weight is 294 g/mol. The molecule has 0 saturated carbocycles. The lowest BCUT2D eigenvalue weighted by Crippen LogP contribution is -2.00. The van der Waals surface area contributed by atoms with Crippen LogP contribution in [0, 0.1) is 12.7 Å². The van der Waals surface area contributed by atoms with Crippen molar-refractivity contribution < 1.29 is 4.39 Å². The SMILES string of the molecule is Cc1nn(-c2cccc(F)c2)c2ncnc(-n3ccnc3)c12. The Labute approximate surface area is 124 Å². The molecule has 22 heavy (non-hydrogen) atoms. The van der Waals surface area contributed by atoms with Gasteiger partial charge >= 0.3 is 0 Å². The van der Waals surface area contributed by atoms with Crippen LogP contribution in [-0.2, 0) is 0 Å². The van der Waals surface area contributed by atoms with Crippen molar-refractivity contribution in [3.63, 3.8) is 0 Å². The van der Waals surface area contributed by atoms with Crippen LogP contribution >= 0.6 is 0 Å². The topological polar surface area (TPSA) is 61.4 Å². The van der Waals surface area contributed by atoms with Crippen molar-refractivity contribution in [2.75, 3.05) is 0 Å². The van der Waals surface area contributed by atoms with E-state index in [1.54, 1.807) is 40.1 Å². The normalized spacial score (nSPS) is 11.2. The molecular formula is C15H11FN6. The summed E-state index contributed by atoms with van der Waals surface area (Å²) in [5, 5.41) is 5.30. The molecule has 0 saturated heterocycles. The average Bonchev–Trinajstić information content (AvgIpc) is 3.16. The first-order valence-electron chi connectivity index (χ1n) is 6.68. The Morgan fingerprint density at radius 1 is 1.18 bits per heavy atom. The van der Waals surface area contributed by atoms with Crippen molar-refractivity contribution in [2.24, 2.45) is 0 Å². The van der Waals surface area contributed by atoms with Crippen molar-refractivity contribution in [1.82, 2.24) is 29.3 Å². The fraction of sp³-hybridized carbons (Fsp3) is 0.0667. The first kappa shape index (κ1) is 12.6. The summed E-state index contributed by atoms with van der Waals surface area (Å²) in [4.78, 5) is 12.7. The van der Waals surface area contributed by atoms with Gasteiger partial charge in [0.2, 0.25) is 0 Å². The van der Waals surface area contributed by atoms with E-state index < -0.39 is 0 Å². The lowest BCUT2D eigenvalue weighted by Gasteiger charge is -2.04. The van der Waals surface area contributed by atoms with Gasteiger partial charge in [-0.25, -0.2) is 24.0 Å². The Morgan fingerprint density at radius 2 is 2.09 bits per heavy atom. The Kier molecular flexibility index (Phi) is 2.72. The van der Waals surface area contributed by atoms with Gasteiger partial charge in [0, 0.05) is 12.4 Å². The summed E-state index contributed by atoms with van der Waals surface area (Å²) in [6.07, 6.45) is 6.62. The molecule has 0 aliphatic carbocycles. The quantitative estimate of drug-likeness (QED) is 0.569. The van der Waals surface area contributed by atoms with Crippen LogP contribution in [0.25, 0.3) is 22.5 Å². The van der Waals surface area contributed by atoms with Crippen LogP contribution in [0.4, 0.5) is 4.39 Å². The molecule has 0 radical (unpaired) electrons. The number of hydrogen-bond donors (Lipinski definition) is 0. The Morgan fingerprint density at radius 3 is 2.86 bits per heavy atom. The van der Waals surface area contributed by atoms with E-state index in [-0.39, 0.29) is 5.82 Å². The van der Waals surface area contributed by atoms with Gasteiger partial charge in [0.25, 0.3) is 0 Å². The molecule has 0 bridgehead atoms. The van der Waals surface area contributed by atoms with Crippen molar-refractivity contribution >= 4 is 11.0 Å². The van der Waals surface area contributed by atoms with Crippen LogP contribution in [0.5, 0.6) is 0 Å². The highest BCUT2D eigenvalue weighted by Gasteiger charge is 2.16. The predicted octanol–water partition coefficient (Wildman–Crippen LogP) is 2.45. The maximum absolute atomic E-state index is 13.5. The zero-order chi connectivity index (χ0) is 15.1. The minimum absolute atomic E-state index is 0.317. The van der Waals surface area contributed by atoms with Crippen LogP contribution in [-0.4, -0.2) is 29.3 Å². The number of benzene rings is 1. The monoisotopic (exact) mass is 294 g/mol. The third kappa shape index (κ3) is 1.86. The summed E-state index contributed by atoms with van der Waals surface area (Å²) >= 11 is 0. The molecular weight excluding hydrogens is 283 g/mol. The molecule has 3 aromatic heterocycles. The molecule has 4 rings (SSSR count). The number of fused-ring (bicyclic) bond motifs is 1. The minimum atomic E-state index is -0.317. The molecule has 0 unspecified atom stereocenters. The number of nitrogens with zero attached hydrogens (tertiary/aromatic N) is 6. The minimum Gasteiger partial charge on any atom is -0.290 e. The Bertz CT molecular complexity index is 958. The fourth-order valence-corrected chi connectivity index (χ4v) is 2.47. The Hall–Kier alpha value is -3.09. The molecule has 0 fully saturated rings. The Balaban J connectivity index is 2.02. The van der Waals surface area contributed by atoms with Crippen molar-refractivity contribution in [2.45, 2.75) is 6.92 Å². The van der Waals surface area contributed by atoms with Crippen LogP contribution in [0.2, 0.25) is 0 Å². The number of aryl methyl sites for hydroxylation is 1. The summed E-state index contributed by atoms with van der Waals surface area (Å²) < 4.78 is 16.9. The van der Waals surface area contributed by atoms with Gasteiger partial charge in [-0.1, -0.05) is 6.07 Å². The molecule has 0 spiro atoms. The standard InChI is InChI=1S/C15H11FN6/c1-10-13-14(21-6-5-17-9-21)18-8-19-15(13)22(20-10)12-4-2-3-11(16)7-12/h2-9H,1H3. The van der Waals surface area contributed by atoms with E-state index in [9.17, 15) is 4.39 Å². The van der Waals surface area contributed by atoms with E-state index in [4.69, 9.17) is 0 Å². The second-order valence-corrected chi connectivity index (χ2v) is 4.84. The molecule has 4 aromatic rings. The summed E-state index contributed by atoms with van der Waals surface area (Å²) in [7, 11) is 0. The fourth-order valence-electron chi connectivity index (χ4n) is 2.47. The van der Waals surface area contributed by atoms with Gasteiger partial charge in [-0.05, 0) is 25.1 Å². The molecule has 7 heteroatoms. The molecule has 6 nitrogen and oxygen atoms in total. The third-order valence-corrected chi connectivity index (χ3v) is 3.42. The van der Waals surface area contributed by atoms with Crippen LogP contribution in [0.1, 0.15) is 5.69 Å². The molecule has 0 aliphatic rings. The van der Waals surface area contributed by atoms with Gasteiger partial charge in [0.05, 0.1) is 16.8 Å². The van der Waals surface area contributed by atoms with Gasteiger partial charge in [0.1, 0.15) is 18.5 Å². The highest BCUT2D eigenvalue weighted by Crippen LogP contribution is 2.24. The lowest BCUT2D eigenvalue weighted by molar-refractivity contribution is 0.625. The number of imidazole rings is 1. The lowest BCUT2D eigenvalue weighted by atomic mass is 10.3. The molecule has 0 N–H and O–H groups in total. The van der Waals surface area contributed by atoms with Crippen LogP contribution in [0.15, 0.2) is 49.3 Å². The molecule has 0 aliphatic heterocycles. The number of hydrogen-bond acceptors (Lipinski definition) is 4. The second kappa shape index (κ2) is 4.73. The van der Waals surface area contributed by atoms with Gasteiger partial charge in [-0.2, -0.15) is 5.10 Å². The summed E-state index contributed by atoms with van der Waals surface area (Å²) in [6, 6.07) is 6.25. The maximum Gasteiger partial charge on any atom is 0.168 e. The largest absolute Gasteiger partial charge is 0.290 e. The van der Waals surface area contributed by atoms with Gasteiger partial charge < -0.3 is 0 Å². The van der Waals surface area contributed by atoms with Crippen LogP contribution in [0.3, 0.4) is 0 Å². The van der Waals surface area contributed by atoms with Gasteiger partial charge in [-0.15, -0.1) is 0 Å². The highest BCUT2D eigenvalue weighted by molar-refractivity contribution is 5.86. The number of halogens is 1. The van der Waals surface area contributed by atoms with Gasteiger partial charge in [-0.3, -0.25) is 4.57 Å². The smallest absolute Gasteiger partial charge is 0.168 e. The maximum atomic E-state index is 13.5. The summed E-state index contributed by atoms with van der Waals surface area (Å²) in [5.74, 6) is 0.380. The number of aromatic nitrogens is 6. The highest BCUT2D eigenvalue weighted by atomic mass is 19.1. The van der Waals surface area contributed by atoms with E-state index in [0.29, 0.717) is 17.2 Å². The van der Waals surface area contributed by atoms with E-state index in [2.05, 4.69) is 20.1 Å². The second-order valence-electron chi connectivity index (χ2n) is 4.84. The van der Waals surface area contributed by atoms with Crippen molar-refractivity contribution in [3.05, 3.63) is 60.8 Å². The molecule has 108 valence electrons. The van der Waals surface area contributed by atoms with Crippen molar-refractivity contribution in [3.8, 4) is 11.5 Å². The van der Waals surface area contributed by atoms with E-state index >= 15 is 0 Å². The van der Waals surface area contributed by atoms with Crippen molar-refractivity contribution in [1.29, 1.82) is 0 Å². The first-order valence-corrected chi connectivity index (χ1v) is 6.68. The van der Waals surface area contributed by atoms with E-state index in [1.165, 1.54) is 18.5 Å². The van der Waals surface area contributed by atoms with Gasteiger partial charge in [0.15, 0.2) is 11.5 Å². The molecule has 0 atom stereocenters. The zero-order valence-electron chi connectivity index (χ0n) is 11.7. The molecule has 1 aromatic carbocycles. The number of rotatable bonds is 2. The summed E-state index contributed by atoms with van der Waals surface area (Å²) in [6.45, 7) is 1.88. The molecule has 0 amide bonds. The first-order chi connectivity index (χ1) is 10.7. The third-order valence-electron chi connectivity index (χ3n) is 3.42.